The predicted octanol–water partition coefficient (Wildman–Crippen LogP) is 1.96. The van der Waals surface area contributed by atoms with E-state index < -0.39 is 0 Å². The molecule has 0 aliphatic carbocycles. The van der Waals surface area contributed by atoms with Gasteiger partial charge in [-0.1, -0.05) is 22.9 Å². The lowest BCUT2D eigenvalue weighted by atomic mass is 10.1. The summed E-state index contributed by atoms with van der Waals surface area (Å²) in [6, 6.07) is 9.01. The van der Waals surface area contributed by atoms with Crippen molar-refractivity contribution in [2.75, 3.05) is 13.1 Å². The number of fused-ring (bicyclic) bond motifs is 2. The van der Waals surface area contributed by atoms with Gasteiger partial charge >= 0.3 is 0 Å². The molecule has 0 saturated carbocycles. The Morgan fingerprint density at radius 3 is 2.71 bits per heavy atom. The zero-order chi connectivity index (χ0) is 15.8. The van der Waals surface area contributed by atoms with Crippen LogP contribution in [0, 0.1) is 6.92 Å². The van der Waals surface area contributed by atoms with Crippen LogP contribution >= 0.6 is 12.4 Å². The molecule has 3 heterocycles. The third-order valence-electron chi connectivity index (χ3n) is 4.82. The summed E-state index contributed by atoms with van der Waals surface area (Å²) < 4.78 is 1.66. The lowest BCUT2D eigenvalue weighted by Crippen LogP contribution is -2.39. The van der Waals surface area contributed by atoms with Gasteiger partial charge in [0.2, 0.25) is 0 Å². The van der Waals surface area contributed by atoms with Crippen LogP contribution in [0.3, 0.4) is 0 Å². The first-order chi connectivity index (χ1) is 11.2. The van der Waals surface area contributed by atoms with Crippen LogP contribution < -0.4 is 5.32 Å². The highest BCUT2D eigenvalue weighted by atomic mass is 35.5. The van der Waals surface area contributed by atoms with E-state index in [1.807, 2.05) is 36.1 Å². The lowest BCUT2D eigenvalue weighted by Gasteiger charge is -2.23. The minimum absolute atomic E-state index is 0. The number of rotatable bonds is 2. The summed E-state index contributed by atoms with van der Waals surface area (Å²) in [6.45, 7) is 3.61. The number of carbonyl (C=O) groups excluding carboxylic acids is 1. The molecule has 1 N–H and O–H groups in total. The molecule has 1 amide bonds. The Balaban J connectivity index is 0.00000169. The van der Waals surface area contributed by atoms with Crippen LogP contribution in [0.5, 0.6) is 0 Å². The minimum atomic E-state index is -0.0160. The maximum atomic E-state index is 12.7. The fourth-order valence-corrected chi connectivity index (χ4v) is 3.47. The van der Waals surface area contributed by atoms with Gasteiger partial charge in [-0.2, -0.15) is 0 Å². The highest BCUT2D eigenvalue weighted by molar-refractivity contribution is 5.92. The predicted molar refractivity (Wildman–Crippen MR) is 93.8 cm³/mol. The first-order valence-corrected chi connectivity index (χ1v) is 8.24. The molecule has 2 unspecified atom stereocenters. The van der Waals surface area contributed by atoms with E-state index in [1.165, 1.54) is 12.0 Å². The maximum absolute atomic E-state index is 12.7. The first kappa shape index (κ1) is 16.9. The molecule has 6 nitrogen and oxygen atoms in total. The number of hydrogen-bond donors (Lipinski definition) is 1. The van der Waals surface area contributed by atoms with E-state index in [2.05, 4.69) is 15.6 Å². The molecule has 2 aliphatic rings. The standard InChI is InChI=1S/C17H21N5O.ClH/c1-12-2-6-15(7-3-12)22-11-16(19-20-22)17(23)21-9-8-13-4-5-14(10-21)18-13;/h2-3,6-7,11,13-14,18H,4-5,8-10H2,1H3;1H. The number of halogens is 1. The van der Waals surface area contributed by atoms with Crippen LogP contribution in [0.25, 0.3) is 5.69 Å². The zero-order valence-electron chi connectivity index (χ0n) is 13.7. The van der Waals surface area contributed by atoms with Gasteiger partial charge in [0.1, 0.15) is 0 Å². The van der Waals surface area contributed by atoms with Crippen molar-refractivity contribution in [2.45, 2.75) is 38.3 Å². The average Bonchev–Trinajstić information content (AvgIpc) is 3.14. The highest BCUT2D eigenvalue weighted by Gasteiger charge is 2.32. The number of likely N-dealkylation sites (tertiary alicyclic amines) is 1. The summed E-state index contributed by atoms with van der Waals surface area (Å²) in [5.74, 6) is -0.0160. The van der Waals surface area contributed by atoms with E-state index in [1.54, 1.807) is 10.9 Å². The molecule has 128 valence electrons. The van der Waals surface area contributed by atoms with Gasteiger partial charge in [0.05, 0.1) is 11.9 Å². The lowest BCUT2D eigenvalue weighted by molar-refractivity contribution is 0.0742. The van der Waals surface area contributed by atoms with Crippen molar-refractivity contribution in [1.29, 1.82) is 0 Å². The Bertz CT molecular complexity index is 714. The fraction of sp³-hybridized carbons (Fsp3) is 0.471. The summed E-state index contributed by atoms with van der Waals surface area (Å²) in [6.07, 6.45) is 5.14. The minimum Gasteiger partial charge on any atom is -0.336 e. The topological polar surface area (TPSA) is 63.1 Å². The van der Waals surface area contributed by atoms with Crippen LogP contribution in [0.15, 0.2) is 30.5 Å². The molecule has 2 atom stereocenters. The smallest absolute Gasteiger partial charge is 0.276 e. The Morgan fingerprint density at radius 1 is 1.17 bits per heavy atom. The largest absolute Gasteiger partial charge is 0.336 e. The third kappa shape index (κ3) is 3.30. The molecule has 24 heavy (non-hydrogen) atoms. The number of aryl methyl sites for hydroxylation is 1. The molecule has 2 bridgehead atoms. The van der Waals surface area contributed by atoms with E-state index in [0.29, 0.717) is 17.8 Å². The number of hydrogen-bond acceptors (Lipinski definition) is 4. The molecule has 2 aromatic rings. The van der Waals surface area contributed by atoms with Gasteiger partial charge < -0.3 is 10.2 Å². The van der Waals surface area contributed by atoms with Crippen LogP contribution in [0.2, 0.25) is 0 Å². The van der Waals surface area contributed by atoms with Gasteiger partial charge in [-0.3, -0.25) is 4.79 Å². The SMILES string of the molecule is Cc1ccc(-n2cc(C(=O)N3CCC4CCC(C3)N4)nn2)cc1.Cl. The van der Waals surface area contributed by atoms with E-state index in [0.717, 1.165) is 31.6 Å². The molecule has 0 radical (unpaired) electrons. The van der Waals surface area contributed by atoms with Crippen molar-refractivity contribution in [3.05, 3.63) is 41.7 Å². The quantitative estimate of drug-likeness (QED) is 0.902. The van der Waals surface area contributed by atoms with Crippen LogP contribution in [0.4, 0.5) is 0 Å². The maximum Gasteiger partial charge on any atom is 0.276 e. The summed E-state index contributed by atoms with van der Waals surface area (Å²) in [7, 11) is 0. The molecule has 2 fully saturated rings. The number of nitrogens with one attached hydrogen (secondary N) is 1. The van der Waals surface area contributed by atoms with Gasteiger partial charge in [-0.25, -0.2) is 4.68 Å². The summed E-state index contributed by atoms with van der Waals surface area (Å²) in [5, 5.41) is 11.8. The van der Waals surface area contributed by atoms with E-state index in [-0.39, 0.29) is 18.3 Å². The number of nitrogens with zero attached hydrogens (tertiary/aromatic N) is 4. The van der Waals surface area contributed by atoms with Crippen molar-refractivity contribution in [2.24, 2.45) is 0 Å². The second-order valence-electron chi connectivity index (χ2n) is 6.56. The first-order valence-electron chi connectivity index (χ1n) is 8.24. The Morgan fingerprint density at radius 2 is 1.92 bits per heavy atom. The van der Waals surface area contributed by atoms with E-state index in [9.17, 15) is 4.79 Å². The molecule has 1 aromatic heterocycles. The van der Waals surface area contributed by atoms with Gasteiger partial charge in [0, 0.05) is 25.2 Å². The third-order valence-corrected chi connectivity index (χ3v) is 4.82. The Labute approximate surface area is 147 Å². The van der Waals surface area contributed by atoms with Crippen molar-refractivity contribution in [1.82, 2.24) is 25.2 Å². The molecular weight excluding hydrogens is 326 g/mol. The van der Waals surface area contributed by atoms with Gasteiger partial charge in [0.25, 0.3) is 5.91 Å². The number of carbonyl (C=O) groups is 1. The number of aromatic nitrogens is 3. The van der Waals surface area contributed by atoms with E-state index in [4.69, 9.17) is 0 Å². The van der Waals surface area contributed by atoms with Crippen molar-refractivity contribution in [3.63, 3.8) is 0 Å². The molecule has 4 rings (SSSR count). The Kier molecular flexibility index (Phi) is 4.87. The van der Waals surface area contributed by atoms with Crippen molar-refractivity contribution < 1.29 is 4.79 Å². The van der Waals surface area contributed by atoms with Gasteiger partial charge in [-0.15, -0.1) is 17.5 Å². The fourth-order valence-electron chi connectivity index (χ4n) is 3.47. The van der Waals surface area contributed by atoms with E-state index >= 15 is 0 Å². The number of benzene rings is 1. The Hall–Kier alpha value is -1.92. The van der Waals surface area contributed by atoms with Gasteiger partial charge in [0.15, 0.2) is 5.69 Å². The van der Waals surface area contributed by atoms with Crippen molar-refractivity contribution in [3.8, 4) is 5.69 Å². The van der Waals surface area contributed by atoms with Crippen molar-refractivity contribution >= 4 is 18.3 Å². The molecule has 1 aromatic carbocycles. The zero-order valence-corrected chi connectivity index (χ0v) is 14.5. The highest BCUT2D eigenvalue weighted by Crippen LogP contribution is 2.21. The average molecular weight is 348 g/mol. The van der Waals surface area contributed by atoms with Gasteiger partial charge in [-0.05, 0) is 38.3 Å². The van der Waals surface area contributed by atoms with Crippen LogP contribution in [-0.4, -0.2) is 51.0 Å². The second kappa shape index (κ2) is 6.91. The normalized spacial score (nSPS) is 22.8. The molecule has 2 aliphatic heterocycles. The summed E-state index contributed by atoms with van der Waals surface area (Å²) in [5.41, 5.74) is 2.53. The second-order valence-corrected chi connectivity index (χ2v) is 6.56. The monoisotopic (exact) mass is 347 g/mol. The molecule has 0 spiro atoms. The van der Waals surface area contributed by atoms with Crippen LogP contribution in [0.1, 0.15) is 35.3 Å². The van der Waals surface area contributed by atoms with Crippen LogP contribution in [-0.2, 0) is 0 Å². The molecular formula is C17H22ClN5O. The summed E-state index contributed by atoms with van der Waals surface area (Å²) in [4.78, 5) is 14.6. The summed E-state index contributed by atoms with van der Waals surface area (Å²) >= 11 is 0. The molecule has 7 heteroatoms. The molecule has 2 saturated heterocycles. The number of amides is 1.